The van der Waals surface area contributed by atoms with Crippen LogP contribution in [0.5, 0.6) is 0 Å². The Morgan fingerprint density at radius 2 is 2.14 bits per heavy atom. The van der Waals surface area contributed by atoms with Gasteiger partial charge in [0.05, 0.1) is 0 Å². The molecule has 0 aromatic carbocycles. The highest BCUT2D eigenvalue weighted by Gasteiger charge is 2.55. The van der Waals surface area contributed by atoms with Crippen LogP contribution in [-0.4, -0.2) is 22.1 Å². The van der Waals surface area contributed by atoms with Gasteiger partial charge >= 0.3 is 0 Å². The van der Waals surface area contributed by atoms with Gasteiger partial charge in [-0.2, -0.15) is 0 Å². The Balaban J connectivity index is 1.35. The Hall–Kier alpha value is -0.830. The van der Waals surface area contributed by atoms with Gasteiger partial charge < -0.3 is 9.88 Å². The second-order valence-electron chi connectivity index (χ2n) is 8.16. The average molecular weight is 287 g/mol. The van der Waals surface area contributed by atoms with Crippen molar-refractivity contribution < 1.29 is 0 Å². The molecule has 2 aliphatic carbocycles. The maximum atomic E-state index is 4.43. The number of hydrogen-bond donors (Lipinski definition) is 1. The van der Waals surface area contributed by atoms with Crippen molar-refractivity contribution in [3.63, 3.8) is 0 Å². The van der Waals surface area contributed by atoms with Crippen molar-refractivity contribution in [2.24, 2.45) is 23.2 Å². The van der Waals surface area contributed by atoms with Gasteiger partial charge in [0.15, 0.2) is 0 Å². The van der Waals surface area contributed by atoms with E-state index >= 15 is 0 Å². The number of fused-ring (bicyclic) bond motifs is 2. The van der Waals surface area contributed by atoms with Crippen LogP contribution in [0.2, 0.25) is 0 Å². The Kier molecular flexibility index (Phi) is 3.36. The fourth-order valence-electron chi connectivity index (χ4n) is 5.46. The Morgan fingerprint density at radius 1 is 1.29 bits per heavy atom. The normalized spacial score (nSPS) is 37.4. The standard InChI is InChI=1S/C18H29N3/c1-18(2)15-6-4-3-5-14(15)17(18)20-11-13-7-8-16-19-9-10-21(16)12-13/h9-10,13-15,17,20H,3-8,11-12H2,1-2H3/t13-,14-,15+,17-/m1/s1. The number of rotatable bonds is 3. The summed E-state index contributed by atoms with van der Waals surface area (Å²) in [5.74, 6) is 4.00. The average Bonchev–Trinajstić information content (AvgIpc) is 2.95. The molecule has 0 amide bonds. The van der Waals surface area contributed by atoms with E-state index in [9.17, 15) is 0 Å². The van der Waals surface area contributed by atoms with Crippen molar-refractivity contribution in [2.75, 3.05) is 6.54 Å². The van der Waals surface area contributed by atoms with E-state index in [2.05, 4.69) is 34.9 Å². The Bertz CT molecular complexity index is 504. The molecule has 1 aromatic heterocycles. The third-order valence-corrected chi connectivity index (χ3v) is 6.66. The van der Waals surface area contributed by atoms with Crippen molar-refractivity contribution in [1.82, 2.24) is 14.9 Å². The lowest BCUT2D eigenvalue weighted by Crippen LogP contribution is -2.65. The summed E-state index contributed by atoms with van der Waals surface area (Å²) < 4.78 is 2.35. The lowest BCUT2D eigenvalue weighted by molar-refractivity contribution is -0.0888. The minimum absolute atomic E-state index is 0.514. The first kappa shape index (κ1) is 13.8. The minimum Gasteiger partial charge on any atom is -0.335 e. The molecule has 2 heterocycles. The molecule has 0 unspecified atom stereocenters. The summed E-state index contributed by atoms with van der Waals surface area (Å²) in [5, 5.41) is 3.97. The zero-order chi connectivity index (χ0) is 14.4. The summed E-state index contributed by atoms with van der Waals surface area (Å²) in [6.45, 7) is 7.33. The summed E-state index contributed by atoms with van der Waals surface area (Å²) in [6, 6.07) is 0.756. The molecular weight excluding hydrogens is 258 g/mol. The van der Waals surface area contributed by atoms with E-state index in [1.54, 1.807) is 0 Å². The number of aryl methyl sites for hydroxylation is 1. The van der Waals surface area contributed by atoms with Crippen LogP contribution in [0, 0.1) is 23.2 Å². The number of nitrogens with one attached hydrogen (secondary N) is 1. The van der Waals surface area contributed by atoms with Crippen LogP contribution in [-0.2, 0) is 13.0 Å². The van der Waals surface area contributed by atoms with E-state index in [4.69, 9.17) is 0 Å². The van der Waals surface area contributed by atoms with Crippen LogP contribution in [0.1, 0.15) is 51.8 Å². The van der Waals surface area contributed by atoms with Gasteiger partial charge in [0.2, 0.25) is 0 Å². The highest BCUT2D eigenvalue weighted by molar-refractivity contribution is 5.09. The molecule has 2 fully saturated rings. The van der Waals surface area contributed by atoms with Crippen LogP contribution < -0.4 is 5.32 Å². The van der Waals surface area contributed by atoms with Crippen molar-refractivity contribution in [3.05, 3.63) is 18.2 Å². The largest absolute Gasteiger partial charge is 0.335 e. The van der Waals surface area contributed by atoms with Crippen LogP contribution >= 0.6 is 0 Å². The monoisotopic (exact) mass is 287 g/mol. The molecular formula is C18H29N3. The predicted molar refractivity (Wildman–Crippen MR) is 85.1 cm³/mol. The first-order chi connectivity index (χ1) is 10.2. The van der Waals surface area contributed by atoms with Gasteiger partial charge in [0.25, 0.3) is 0 Å². The van der Waals surface area contributed by atoms with Crippen molar-refractivity contribution >= 4 is 0 Å². The predicted octanol–water partition coefficient (Wildman–Crippen LogP) is 3.25. The van der Waals surface area contributed by atoms with Gasteiger partial charge in [-0.3, -0.25) is 0 Å². The summed E-state index contributed by atoms with van der Waals surface area (Å²) in [5.41, 5.74) is 0.514. The molecule has 4 atom stereocenters. The fourth-order valence-corrected chi connectivity index (χ4v) is 5.46. The highest BCUT2D eigenvalue weighted by Crippen LogP contribution is 2.57. The second kappa shape index (κ2) is 5.12. The zero-order valence-corrected chi connectivity index (χ0v) is 13.5. The molecule has 21 heavy (non-hydrogen) atoms. The summed E-state index contributed by atoms with van der Waals surface area (Å²) in [7, 11) is 0. The lowest BCUT2D eigenvalue weighted by Gasteiger charge is -2.61. The van der Waals surface area contributed by atoms with E-state index in [1.807, 2.05) is 6.20 Å². The van der Waals surface area contributed by atoms with E-state index < -0.39 is 0 Å². The molecule has 4 rings (SSSR count). The van der Waals surface area contributed by atoms with Gasteiger partial charge in [-0.1, -0.05) is 26.7 Å². The molecule has 3 nitrogen and oxygen atoms in total. The Morgan fingerprint density at radius 3 is 3.05 bits per heavy atom. The second-order valence-corrected chi connectivity index (χ2v) is 8.16. The van der Waals surface area contributed by atoms with E-state index in [-0.39, 0.29) is 0 Å². The lowest BCUT2D eigenvalue weighted by atomic mass is 9.47. The first-order valence-corrected chi connectivity index (χ1v) is 8.89. The molecule has 116 valence electrons. The number of aromatic nitrogens is 2. The Labute approximate surface area is 128 Å². The van der Waals surface area contributed by atoms with Gasteiger partial charge in [0.1, 0.15) is 5.82 Å². The molecule has 0 radical (unpaired) electrons. The summed E-state index contributed by atoms with van der Waals surface area (Å²) in [6.07, 6.45) is 12.4. The maximum Gasteiger partial charge on any atom is 0.108 e. The third kappa shape index (κ3) is 2.25. The fraction of sp³-hybridized carbons (Fsp3) is 0.833. The van der Waals surface area contributed by atoms with E-state index in [1.165, 1.54) is 44.5 Å². The molecule has 0 bridgehead atoms. The van der Waals surface area contributed by atoms with Crippen LogP contribution in [0.25, 0.3) is 0 Å². The molecule has 1 N–H and O–H groups in total. The number of hydrogen-bond acceptors (Lipinski definition) is 2. The van der Waals surface area contributed by atoms with Crippen molar-refractivity contribution in [3.8, 4) is 0 Å². The van der Waals surface area contributed by atoms with Crippen molar-refractivity contribution in [2.45, 2.75) is 65.0 Å². The molecule has 3 heteroatoms. The molecule has 0 saturated heterocycles. The molecule has 0 spiro atoms. The SMILES string of the molecule is CC1(C)[C@H](NC[C@H]2CCc3nccn3C2)[C@@H]2CCCC[C@@H]21. The summed E-state index contributed by atoms with van der Waals surface area (Å²) >= 11 is 0. The van der Waals surface area contributed by atoms with Gasteiger partial charge in [-0.15, -0.1) is 0 Å². The maximum absolute atomic E-state index is 4.43. The number of imidazole rings is 1. The van der Waals surface area contributed by atoms with Crippen molar-refractivity contribution in [1.29, 1.82) is 0 Å². The van der Waals surface area contributed by atoms with Crippen LogP contribution in [0.4, 0.5) is 0 Å². The van der Waals surface area contributed by atoms with Gasteiger partial charge in [-0.25, -0.2) is 4.98 Å². The van der Waals surface area contributed by atoms with Gasteiger partial charge in [-0.05, 0) is 49.0 Å². The first-order valence-electron chi connectivity index (χ1n) is 8.89. The van der Waals surface area contributed by atoms with Gasteiger partial charge in [0, 0.05) is 31.4 Å². The van der Waals surface area contributed by atoms with E-state index in [0.29, 0.717) is 5.41 Å². The molecule has 2 saturated carbocycles. The quantitative estimate of drug-likeness (QED) is 0.925. The molecule has 1 aromatic rings. The highest BCUT2D eigenvalue weighted by atomic mass is 15.1. The third-order valence-electron chi connectivity index (χ3n) is 6.66. The number of nitrogens with zero attached hydrogens (tertiary/aromatic N) is 2. The van der Waals surface area contributed by atoms with Crippen LogP contribution in [0.15, 0.2) is 12.4 Å². The summed E-state index contributed by atoms with van der Waals surface area (Å²) in [4.78, 5) is 4.43. The molecule has 3 aliphatic rings. The zero-order valence-electron chi connectivity index (χ0n) is 13.5. The smallest absolute Gasteiger partial charge is 0.108 e. The minimum atomic E-state index is 0.514. The van der Waals surface area contributed by atoms with Crippen LogP contribution in [0.3, 0.4) is 0 Å². The topological polar surface area (TPSA) is 29.9 Å². The van der Waals surface area contributed by atoms with E-state index in [0.717, 1.165) is 36.8 Å². The molecule has 1 aliphatic heterocycles.